The smallest absolute Gasteiger partial charge is 0.258 e. The molecule has 1 atom stereocenters. The van der Waals surface area contributed by atoms with Gasteiger partial charge < -0.3 is 35.4 Å². The summed E-state index contributed by atoms with van der Waals surface area (Å²) in [5, 5.41) is 36.4. The molecule has 0 heterocycles. The number of amides is 2. The van der Waals surface area contributed by atoms with E-state index in [9.17, 15) is 24.9 Å². The number of nitrogens with one attached hydrogen (secondary N) is 2. The largest absolute Gasteiger partial charge is 0.484 e. The summed E-state index contributed by atoms with van der Waals surface area (Å²) in [6.45, 7) is -0.942. The highest BCUT2D eigenvalue weighted by Crippen LogP contribution is 2.47. The number of hydrogen-bond donors (Lipinski definition) is 5. The molecule has 5 N–H and O–H groups in total. The van der Waals surface area contributed by atoms with Crippen molar-refractivity contribution in [1.82, 2.24) is 10.6 Å². The Morgan fingerprint density at radius 2 is 1.32 bits per heavy atom. The van der Waals surface area contributed by atoms with Gasteiger partial charge in [-0.15, -0.1) is 0 Å². The molecule has 0 radical (unpaired) electrons. The molecule has 3 aliphatic rings. The minimum atomic E-state index is -0.833. The highest BCUT2D eigenvalue weighted by Gasteiger charge is 2.55. The van der Waals surface area contributed by atoms with Gasteiger partial charge in [0.05, 0.1) is 24.9 Å². The molecule has 3 saturated carbocycles. The van der Waals surface area contributed by atoms with Gasteiger partial charge in [-0.2, -0.15) is 0 Å². The van der Waals surface area contributed by atoms with Gasteiger partial charge >= 0.3 is 0 Å². The van der Waals surface area contributed by atoms with E-state index in [1.165, 1.54) is 0 Å². The molecule has 2 bridgehead atoms. The van der Waals surface area contributed by atoms with Gasteiger partial charge in [0.25, 0.3) is 11.8 Å². The predicted octanol–water partition coefficient (Wildman–Crippen LogP) is 2.48. The summed E-state index contributed by atoms with van der Waals surface area (Å²) in [5.74, 6) is 0.147. The minimum Gasteiger partial charge on any atom is -0.484 e. The van der Waals surface area contributed by atoms with Gasteiger partial charge in [0.2, 0.25) is 0 Å². The van der Waals surface area contributed by atoms with Crippen LogP contribution in [0.3, 0.4) is 0 Å². The number of halogens is 2. The standard InChI is InChI=1S/C26H30Cl2N2O7/c27-20-3-1-18(9-16(20)12-31)36-14-23(34)29-25-5-7-26(8-6-25,22(33)11-25)30-24(35)15-37-19-2-4-21(28)17(10-19)13-32/h1-4,9-10,22,31-33H,5-8,11-15H2,(H,29,34)(H,30,35)/t22-,25?,26?/m0/s1. The number of aliphatic hydroxyl groups excluding tert-OH is 3. The number of hydrogen-bond acceptors (Lipinski definition) is 7. The summed E-state index contributed by atoms with van der Waals surface area (Å²) in [6.07, 6.45) is 1.70. The SMILES string of the molecule is O=C(COc1ccc(Cl)c(CO)c1)NC12CCC(NC(=O)COc3ccc(Cl)c(CO)c3)(CC1)[C@@H](O)C2. The van der Waals surface area contributed by atoms with Crippen LogP contribution in [0.5, 0.6) is 11.5 Å². The summed E-state index contributed by atoms with van der Waals surface area (Å²) < 4.78 is 11.1. The van der Waals surface area contributed by atoms with E-state index in [4.69, 9.17) is 32.7 Å². The second-order valence-electron chi connectivity index (χ2n) is 9.65. The summed E-state index contributed by atoms with van der Waals surface area (Å²) >= 11 is 12.0. The van der Waals surface area contributed by atoms with Crippen LogP contribution in [0.15, 0.2) is 36.4 Å². The van der Waals surface area contributed by atoms with E-state index < -0.39 is 17.2 Å². The van der Waals surface area contributed by atoms with Crippen molar-refractivity contribution < 1.29 is 34.4 Å². The summed E-state index contributed by atoms with van der Waals surface area (Å²) in [5.41, 5.74) is -0.333. The molecule has 37 heavy (non-hydrogen) atoms. The van der Waals surface area contributed by atoms with Crippen molar-refractivity contribution in [2.45, 2.75) is 62.5 Å². The third-order valence-electron chi connectivity index (χ3n) is 7.23. The monoisotopic (exact) mass is 552 g/mol. The van der Waals surface area contributed by atoms with Crippen molar-refractivity contribution in [3.05, 3.63) is 57.6 Å². The summed E-state index contributed by atoms with van der Waals surface area (Å²) in [4.78, 5) is 25.3. The maximum Gasteiger partial charge on any atom is 0.258 e. The fourth-order valence-corrected chi connectivity index (χ4v) is 5.48. The highest BCUT2D eigenvalue weighted by atomic mass is 35.5. The number of ether oxygens (including phenoxy) is 2. The first-order chi connectivity index (χ1) is 17.7. The summed E-state index contributed by atoms with van der Waals surface area (Å²) in [7, 11) is 0. The fourth-order valence-electron chi connectivity index (χ4n) is 5.13. The van der Waals surface area contributed by atoms with E-state index in [1.807, 2.05) is 0 Å². The van der Waals surface area contributed by atoms with E-state index in [2.05, 4.69) is 10.6 Å². The average Bonchev–Trinajstić information content (AvgIpc) is 2.88. The van der Waals surface area contributed by atoms with E-state index in [1.54, 1.807) is 36.4 Å². The molecule has 0 unspecified atom stereocenters. The van der Waals surface area contributed by atoms with Gasteiger partial charge in [-0.3, -0.25) is 9.59 Å². The topological polar surface area (TPSA) is 137 Å². The fraction of sp³-hybridized carbons (Fsp3) is 0.462. The van der Waals surface area contributed by atoms with Crippen LogP contribution >= 0.6 is 23.2 Å². The third kappa shape index (κ3) is 6.30. The maximum atomic E-state index is 12.6. The first kappa shape index (κ1) is 27.5. The van der Waals surface area contributed by atoms with Gasteiger partial charge in [-0.25, -0.2) is 0 Å². The number of benzene rings is 2. The Hall–Kier alpha value is -2.56. The lowest BCUT2D eigenvalue weighted by Gasteiger charge is -2.56. The first-order valence-corrected chi connectivity index (χ1v) is 12.8. The van der Waals surface area contributed by atoms with Crippen LogP contribution in [0.1, 0.15) is 43.2 Å². The minimum absolute atomic E-state index is 0.216. The van der Waals surface area contributed by atoms with Crippen molar-refractivity contribution in [2.75, 3.05) is 13.2 Å². The first-order valence-electron chi connectivity index (χ1n) is 12.0. The van der Waals surface area contributed by atoms with Gasteiger partial charge in [-0.05, 0) is 79.6 Å². The van der Waals surface area contributed by atoms with Crippen LogP contribution in [0.4, 0.5) is 0 Å². The van der Waals surface area contributed by atoms with Gasteiger partial charge in [-0.1, -0.05) is 23.2 Å². The lowest BCUT2D eigenvalue weighted by molar-refractivity contribution is -0.137. The Kier molecular flexibility index (Phi) is 8.50. The third-order valence-corrected chi connectivity index (χ3v) is 7.97. The average molecular weight is 553 g/mol. The normalized spacial score (nSPS) is 24.4. The molecule has 11 heteroatoms. The Morgan fingerprint density at radius 1 is 0.838 bits per heavy atom. The van der Waals surface area contributed by atoms with Crippen LogP contribution < -0.4 is 20.1 Å². The van der Waals surface area contributed by atoms with Crippen LogP contribution in [-0.2, 0) is 22.8 Å². The molecule has 2 aromatic rings. The quantitative estimate of drug-likeness (QED) is 0.305. The number of carbonyl (C=O) groups excluding carboxylic acids is 2. The molecule has 0 spiro atoms. The maximum absolute atomic E-state index is 12.6. The van der Waals surface area contributed by atoms with Crippen LogP contribution in [0, 0.1) is 0 Å². The molecule has 3 aliphatic carbocycles. The Balaban J connectivity index is 1.28. The van der Waals surface area contributed by atoms with E-state index in [-0.39, 0.29) is 38.2 Å². The molecule has 0 aliphatic heterocycles. The Morgan fingerprint density at radius 3 is 1.78 bits per heavy atom. The molecule has 0 aromatic heterocycles. The van der Waals surface area contributed by atoms with Crippen molar-refractivity contribution in [2.24, 2.45) is 0 Å². The van der Waals surface area contributed by atoms with Gasteiger partial charge in [0.1, 0.15) is 11.5 Å². The zero-order valence-electron chi connectivity index (χ0n) is 20.1. The number of carbonyl (C=O) groups is 2. The molecule has 2 amide bonds. The molecule has 5 rings (SSSR count). The molecule has 9 nitrogen and oxygen atoms in total. The van der Waals surface area contributed by atoms with Crippen molar-refractivity contribution in [1.29, 1.82) is 0 Å². The second-order valence-corrected chi connectivity index (χ2v) is 10.5. The Labute approximate surface area is 224 Å². The molecular formula is C26H30Cl2N2O7. The molecule has 200 valence electrons. The van der Waals surface area contributed by atoms with Gasteiger partial charge in [0.15, 0.2) is 13.2 Å². The van der Waals surface area contributed by atoms with E-state index >= 15 is 0 Å². The van der Waals surface area contributed by atoms with Crippen molar-refractivity contribution in [3.63, 3.8) is 0 Å². The van der Waals surface area contributed by atoms with Crippen LogP contribution in [-0.4, -0.2) is 57.5 Å². The zero-order chi connectivity index (χ0) is 26.6. The Bertz CT molecular complexity index is 1150. The van der Waals surface area contributed by atoms with E-state index in [0.717, 1.165) is 0 Å². The zero-order valence-corrected chi connectivity index (χ0v) is 21.6. The molecule has 3 fully saturated rings. The summed E-state index contributed by atoms with van der Waals surface area (Å²) in [6, 6.07) is 9.57. The molecule has 2 aromatic carbocycles. The van der Waals surface area contributed by atoms with E-state index in [0.29, 0.717) is 64.8 Å². The van der Waals surface area contributed by atoms with Crippen LogP contribution in [0.25, 0.3) is 0 Å². The predicted molar refractivity (Wildman–Crippen MR) is 137 cm³/mol. The number of aliphatic hydroxyl groups is 3. The van der Waals surface area contributed by atoms with Crippen molar-refractivity contribution in [3.8, 4) is 11.5 Å². The molecular weight excluding hydrogens is 523 g/mol. The lowest BCUT2D eigenvalue weighted by atomic mass is 9.60. The van der Waals surface area contributed by atoms with Crippen LogP contribution in [0.2, 0.25) is 10.0 Å². The van der Waals surface area contributed by atoms with Gasteiger partial charge in [0, 0.05) is 15.6 Å². The second kappa shape index (κ2) is 11.4. The highest BCUT2D eigenvalue weighted by molar-refractivity contribution is 6.31. The number of fused-ring (bicyclic) bond motifs is 3. The molecule has 0 saturated heterocycles. The number of rotatable bonds is 10. The van der Waals surface area contributed by atoms with Crippen molar-refractivity contribution >= 4 is 35.0 Å². The lowest BCUT2D eigenvalue weighted by Crippen LogP contribution is -2.70.